The Kier molecular flexibility index (Phi) is 5.06. The van der Waals surface area contributed by atoms with Crippen LogP contribution < -0.4 is 0 Å². The maximum atomic E-state index is 13.1. The van der Waals surface area contributed by atoms with Crippen molar-refractivity contribution < 1.29 is 14.3 Å². The number of aromatic nitrogens is 2. The largest absolute Gasteiger partial charge is 0.466 e. The highest BCUT2D eigenvalue weighted by Crippen LogP contribution is 2.23. The average molecular weight is 343 g/mol. The number of aryl methyl sites for hydroxylation is 2. The van der Waals surface area contributed by atoms with Crippen molar-refractivity contribution >= 4 is 17.5 Å². The number of nitrogens with zero attached hydrogens (tertiary/aromatic N) is 3. The molecule has 1 fully saturated rings. The standard InChI is InChI=1S/C19H25N3O3/c1-4-15-17(22-11-6-13(3)12-16(22)20-15)18(23)21-9-7-14(8-10-21)19(24)25-5-2/h6,11-12,14H,4-5,7-10H2,1-3H3. The van der Waals surface area contributed by atoms with Gasteiger partial charge in [-0.05, 0) is 50.8 Å². The van der Waals surface area contributed by atoms with Crippen LogP contribution in [0, 0.1) is 12.8 Å². The van der Waals surface area contributed by atoms with E-state index in [-0.39, 0.29) is 17.8 Å². The van der Waals surface area contributed by atoms with Crippen LogP contribution in [0.1, 0.15) is 48.4 Å². The third kappa shape index (κ3) is 3.38. The van der Waals surface area contributed by atoms with Crippen molar-refractivity contribution in [3.63, 3.8) is 0 Å². The predicted molar refractivity (Wildman–Crippen MR) is 94.6 cm³/mol. The van der Waals surface area contributed by atoms with Gasteiger partial charge in [0.05, 0.1) is 18.2 Å². The number of imidazole rings is 1. The summed E-state index contributed by atoms with van der Waals surface area (Å²) >= 11 is 0. The number of ether oxygens (including phenoxy) is 1. The highest BCUT2D eigenvalue weighted by atomic mass is 16.5. The second kappa shape index (κ2) is 7.25. The van der Waals surface area contributed by atoms with Crippen LogP contribution in [-0.4, -0.2) is 45.9 Å². The molecule has 25 heavy (non-hydrogen) atoms. The van der Waals surface area contributed by atoms with Gasteiger partial charge in [0.1, 0.15) is 11.3 Å². The fourth-order valence-corrected chi connectivity index (χ4v) is 3.40. The van der Waals surface area contributed by atoms with E-state index in [9.17, 15) is 9.59 Å². The van der Waals surface area contributed by atoms with Crippen molar-refractivity contribution in [2.45, 2.75) is 40.0 Å². The quantitative estimate of drug-likeness (QED) is 0.801. The number of rotatable bonds is 4. The molecule has 3 rings (SSSR count). The molecular weight excluding hydrogens is 318 g/mol. The molecule has 0 atom stereocenters. The third-order valence-electron chi connectivity index (χ3n) is 4.79. The molecule has 0 spiro atoms. The van der Waals surface area contributed by atoms with Gasteiger partial charge in [0.25, 0.3) is 5.91 Å². The van der Waals surface area contributed by atoms with E-state index in [1.165, 1.54) is 0 Å². The van der Waals surface area contributed by atoms with Gasteiger partial charge in [0, 0.05) is 19.3 Å². The van der Waals surface area contributed by atoms with Crippen LogP contribution in [0.15, 0.2) is 18.3 Å². The summed E-state index contributed by atoms with van der Waals surface area (Å²) < 4.78 is 6.98. The van der Waals surface area contributed by atoms with E-state index in [0.717, 1.165) is 16.9 Å². The van der Waals surface area contributed by atoms with Crippen molar-refractivity contribution in [2.75, 3.05) is 19.7 Å². The predicted octanol–water partition coefficient (Wildman–Crippen LogP) is 2.62. The lowest BCUT2D eigenvalue weighted by molar-refractivity contribution is -0.149. The summed E-state index contributed by atoms with van der Waals surface area (Å²) in [6.45, 7) is 7.39. The number of pyridine rings is 1. The highest BCUT2D eigenvalue weighted by molar-refractivity contribution is 5.95. The van der Waals surface area contributed by atoms with Crippen molar-refractivity contribution in [3.8, 4) is 0 Å². The Hall–Kier alpha value is -2.37. The average Bonchev–Trinajstić information content (AvgIpc) is 2.99. The van der Waals surface area contributed by atoms with Gasteiger partial charge in [-0.1, -0.05) is 6.92 Å². The molecule has 0 N–H and O–H groups in total. The molecular formula is C19H25N3O3. The number of carbonyl (C=O) groups excluding carboxylic acids is 2. The first kappa shape index (κ1) is 17.5. The number of hydrogen-bond donors (Lipinski definition) is 0. The van der Waals surface area contributed by atoms with Crippen molar-refractivity contribution in [2.24, 2.45) is 5.92 Å². The van der Waals surface area contributed by atoms with E-state index in [1.807, 2.05) is 48.4 Å². The lowest BCUT2D eigenvalue weighted by Crippen LogP contribution is -2.41. The van der Waals surface area contributed by atoms with Crippen LogP contribution in [0.25, 0.3) is 5.65 Å². The van der Waals surface area contributed by atoms with Gasteiger partial charge in [-0.15, -0.1) is 0 Å². The highest BCUT2D eigenvalue weighted by Gasteiger charge is 2.30. The SMILES string of the molecule is CCOC(=O)C1CCN(C(=O)c2c(CC)nc3cc(C)ccn23)CC1. The first-order valence-electron chi connectivity index (χ1n) is 8.98. The normalized spacial score (nSPS) is 15.6. The summed E-state index contributed by atoms with van der Waals surface area (Å²) in [5.41, 5.74) is 3.39. The molecule has 134 valence electrons. The molecule has 6 heteroatoms. The molecule has 0 unspecified atom stereocenters. The molecule has 3 heterocycles. The van der Waals surface area contributed by atoms with E-state index in [1.54, 1.807) is 0 Å². The molecule has 0 saturated carbocycles. The maximum absolute atomic E-state index is 13.1. The van der Waals surface area contributed by atoms with Gasteiger partial charge >= 0.3 is 5.97 Å². The van der Waals surface area contributed by atoms with Gasteiger partial charge < -0.3 is 9.64 Å². The van der Waals surface area contributed by atoms with Crippen LogP contribution in [0.2, 0.25) is 0 Å². The Balaban J connectivity index is 1.80. The monoisotopic (exact) mass is 343 g/mol. The molecule has 1 saturated heterocycles. The molecule has 1 aliphatic heterocycles. The molecule has 6 nitrogen and oxygen atoms in total. The topological polar surface area (TPSA) is 63.9 Å². The maximum Gasteiger partial charge on any atom is 0.309 e. The Bertz CT molecular complexity index is 789. The zero-order chi connectivity index (χ0) is 18.0. The van der Waals surface area contributed by atoms with Crippen molar-refractivity contribution in [3.05, 3.63) is 35.3 Å². The van der Waals surface area contributed by atoms with E-state index in [2.05, 4.69) is 4.98 Å². The summed E-state index contributed by atoms with van der Waals surface area (Å²) in [5.74, 6) is -0.246. The first-order valence-corrected chi connectivity index (χ1v) is 8.98. The van der Waals surface area contributed by atoms with Crippen molar-refractivity contribution in [1.29, 1.82) is 0 Å². The minimum atomic E-state index is -0.144. The second-order valence-corrected chi connectivity index (χ2v) is 6.51. The number of fused-ring (bicyclic) bond motifs is 1. The molecule has 1 aliphatic rings. The summed E-state index contributed by atoms with van der Waals surface area (Å²) in [7, 11) is 0. The molecule has 0 aromatic carbocycles. The Labute approximate surface area is 147 Å². The zero-order valence-electron chi connectivity index (χ0n) is 15.1. The number of likely N-dealkylation sites (tertiary alicyclic amines) is 1. The Morgan fingerprint density at radius 3 is 2.64 bits per heavy atom. The minimum Gasteiger partial charge on any atom is -0.466 e. The van der Waals surface area contributed by atoms with Crippen LogP contribution in [0.5, 0.6) is 0 Å². The van der Waals surface area contributed by atoms with Crippen molar-refractivity contribution in [1.82, 2.24) is 14.3 Å². The van der Waals surface area contributed by atoms with Crippen LogP contribution >= 0.6 is 0 Å². The molecule has 0 bridgehead atoms. The van der Waals surface area contributed by atoms with E-state index in [4.69, 9.17) is 4.74 Å². The van der Waals surface area contributed by atoms with Crippen LogP contribution in [-0.2, 0) is 16.0 Å². The first-order chi connectivity index (χ1) is 12.0. The van der Waals surface area contributed by atoms with Gasteiger partial charge in [-0.2, -0.15) is 0 Å². The molecule has 0 aliphatic carbocycles. The van der Waals surface area contributed by atoms with Gasteiger partial charge in [-0.3, -0.25) is 14.0 Å². The summed E-state index contributed by atoms with van der Waals surface area (Å²) in [5, 5.41) is 0. The Morgan fingerprint density at radius 1 is 1.28 bits per heavy atom. The summed E-state index contributed by atoms with van der Waals surface area (Å²) in [6.07, 6.45) is 3.93. The number of carbonyl (C=O) groups is 2. The molecule has 2 aromatic heterocycles. The van der Waals surface area contributed by atoms with Gasteiger partial charge in [0.15, 0.2) is 0 Å². The summed E-state index contributed by atoms with van der Waals surface area (Å²) in [4.78, 5) is 31.4. The van der Waals surface area contributed by atoms with Gasteiger partial charge in [-0.25, -0.2) is 4.98 Å². The van der Waals surface area contributed by atoms with Crippen LogP contribution in [0.4, 0.5) is 0 Å². The van der Waals surface area contributed by atoms with E-state index >= 15 is 0 Å². The van der Waals surface area contributed by atoms with E-state index in [0.29, 0.717) is 44.7 Å². The van der Waals surface area contributed by atoms with Gasteiger partial charge in [0.2, 0.25) is 0 Å². The lowest BCUT2D eigenvalue weighted by Gasteiger charge is -2.31. The smallest absolute Gasteiger partial charge is 0.309 e. The third-order valence-corrected chi connectivity index (χ3v) is 4.79. The second-order valence-electron chi connectivity index (χ2n) is 6.51. The fraction of sp³-hybridized carbons (Fsp3) is 0.526. The number of amides is 1. The lowest BCUT2D eigenvalue weighted by atomic mass is 9.96. The van der Waals surface area contributed by atoms with E-state index < -0.39 is 0 Å². The molecule has 1 amide bonds. The Morgan fingerprint density at radius 2 is 2.00 bits per heavy atom. The minimum absolute atomic E-state index is 0.00416. The zero-order valence-corrected chi connectivity index (χ0v) is 15.1. The fourth-order valence-electron chi connectivity index (χ4n) is 3.40. The number of esters is 1. The molecule has 2 aromatic rings. The number of hydrogen-bond acceptors (Lipinski definition) is 4. The van der Waals surface area contributed by atoms with Crippen LogP contribution in [0.3, 0.4) is 0 Å². The summed E-state index contributed by atoms with van der Waals surface area (Å²) in [6, 6.07) is 3.97. The molecule has 0 radical (unpaired) electrons. The number of piperidine rings is 1.